The summed E-state index contributed by atoms with van der Waals surface area (Å²) < 4.78 is 5.47. The van der Waals surface area contributed by atoms with Crippen molar-refractivity contribution >= 4 is 0 Å². The molecule has 66 valence electrons. The molecule has 0 saturated heterocycles. The van der Waals surface area contributed by atoms with Crippen LogP contribution in [0.25, 0.3) is 0 Å². The van der Waals surface area contributed by atoms with Crippen molar-refractivity contribution in [3.8, 4) is 0 Å². The molecule has 0 bridgehead atoms. The molecule has 0 amide bonds. The second-order valence-electron chi connectivity index (χ2n) is 3.61. The first kappa shape index (κ1) is 9.01. The molecule has 2 N–H and O–H groups in total. The van der Waals surface area contributed by atoms with Gasteiger partial charge in [0.05, 0.1) is 5.60 Å². The van der Waals surface area contributed by atoms with Gasteiger partial charge < -0.3 is 10.5 Å². The van der Waals surface area contributed by atoms with Gasteiger partial charge in [-0.15, -0.1) is 0 Å². The smallest absolute Gasteiger partial charge is 0.0693 e. The van der Waals surface area contributed by atoms with E-state index in [1.54, 1.807) is 0 Å². The molecule has 0 spiro atoms. The zero-order valence-corrected chi connectivity index (χ0v) is 7.60. The van der Waals surface area contributed by atoms with Crippen LogP contribution in [0.5, 0.6) is 0 Å². The Morgan fingerprint density at radius 3 is 2.45 bits per heavy atom. The average molecular weight is 157 g/mol. The molecule has 2 nitrogen and oxygen atoms in total. The summed E-state index contributed by atoms with van der Waals surface area (Å²) >= 11 is 0. The van der Waals surface area contributed by atoms with Gasteiger partial charge in [0.2, 0.25) is 0 Å². The summed E-state index contributed by atoms with van der Waals surface area (Å²) in [5.74, 6) is 0. The summed E-state index contributed by atoms with van der Waals surface area (Å²) in [4.78, 5) is 0. The standard InChI is InChI=1S/C9H19NO/c1-3-8(10)7-9(11-2)5-4-6-9/h8H,3-7,10H2,1-2H3. The van der Waals surface area contributed by atoms with Gasteiger partial charge >= 0.3 is 0 Å². The summed E-state index contributed by atoms with van der Waals surface area (Å²) in [6.45, 7) is 2.13. The second kappa shape index (κ2) is 3.55. The van der Waals surface area contributed by atoms with E-state index < -0.39 is 0 Å². The van der Waals surface area contributed by atoms with Gasteiger partial charge in [-0.05, 0) is 32.1 Å². The van der Waals surface area contributed by atoms with Crippen molar-refractivity contribution in [2.24, 2.45) is 5.73 Å². The molecule has 0 aliphatic heterocycles. The molecule has 1 atom stereocenters. The van der Waals surface area contributed by atoms with Crippen LogP contribution in [0.15, 0.2) is 0 Å². The highest BCUT2D eigenvalue weighted by atomic mass is 16.5. The Bertz CT molecular complexity index is 115. The summed E-state index contributed by atoms with van der Waals surface area (Å²) in [7, 11) is 1.81. The molecule has 0 aromatic carbocycles. The molecule has 0 aromatic rings. The maximum absolute atomic E-state index is 5.86. The van der Waals surface area contributed by atoms with Gasteiger partial charge in [-0.1, -0.05) is 6.92 Å². The van der Waals surface area contributed by atoms with Crippen LogP contribution in [0.1, 0.15) is 39.0 Å². The molecule has 1 saturated carbocycles. The van der Waals surface area contributed by atoms with E-state index in [1.807, 2.05) is 7.11 Å². The largest absolute Gasteiger partial charge is 0.378 e. The Kier molecular flexibility index (Phi) is 2.90. The van der Waals surface area contributed by atoms with Gasteiger partial charge in [0.25, 0.3) is 0 Å². The van der Waals surface area contributed by atoms with Crippen molar-refractivity contribution in [1.82, 2.24) is 0 Å². The maximum Gasteiger partial charge on any atom is 0.0693 e. The van der Waals surface area contributed by atoms with E-state index in [2.05, 4.69) is 6.92 Å². The molecule has 1 aliphatic rings. The van der Waals surface area contributed by atoms with Crippen LogP contribution in [0, 0.1) is 0 Å². The predicted molar refractivity (Wildman–Crippen MR) is 46.5 cm³/mol. The van der Waals surface area contributed by atoms with E-state index in [-0.39, 0.29) is 5.60 Å². The summed E-state index contributed by atoms with van der Waals surface area (Å²) in [6, 6.07) is 0.329. The highest BCUT2D eigenvalue weighted by molar-refractivity contribution is 4.91. The lowest BCUT2D eigenvalue weighted by Gasteiger charge is -2.42. The van der Waals surface area contributed by atoms with E-state index in [0.29, 0.717) is 6.04 Å². The fourth-order valence-corrected chi connectivity index (χ4v) is 1.68. The number of nitrogens with two attached hydrogens (primary N) is 1. The summed E-state index contributed by atoms with van der Waals surface area (Å²) in [6.07, 6.45) is 5.82. The van der Waals surface area contributed by atoms with Crippen molar-refractivity contribution in [2.75, 3.05) is 7.11 Å². The van der Waals surface area contributed by atoms with Crippen LogP contribution in [0.4, 0.5) is 0 Å². The van der Waals surface area contributed by atoms with Gasteiger partial charge in [-0.2, -0.15) is 0 Å². The Hall–Kier alpha value is -0.0800. The SMILES string of the molecule is CCC(N)CC1(OC)CCC1. The van der Waals surface area contributed by atoms with Gasteiger partial charge in [0, 0.05) is 13.2 Å². The molecule has 1 unspecified atom stereocenters. The van der Waals surface area contributed by atoms with Crippen LogP contribution >= 0.6 is 0 Å². The lowest BCUT2D eigenvalue weighted by Crippen LogP contribution is -2.44. The Morgan fingerprint density at radius 1 is 1.55 bits per heavy atom. The van der Waals surface area contributed by atoms with Crippen LogP contribution in [-0.2, 0) is 4.74 Å². The zero-order chi connectivity index (χ0) is 8.32. The maximum atomic E-state index is 5.86. The number of hydrogen-bond acceptors (Lipinski definition) is 2. The molecule has 0 heterocycles. The van der Waals surface area contributed by atoms with Crippen molar-refractivity contribution < 1.29 is 4.74 Å². The summed E-state index contributed by atoms with van der Waals surface area (Å²) in [5, 5.41) is 0. The van der Waals surface area contributed by atoms with E-state index in [1.165, 1.54) is 19.3 Å². The number of rotatable bonds is 4. The second-order valence-corrected chi connectivity index (χ2v) is 3.61. The third-order valence-corrected chi connectivity index (χ3v) is 2.86. The Labute approximate surface area is 69.1 Å². The van der Waals surface area contributed by atoms with E-state index in [4.69, 9.17) is 10.5 Å². The predicted octanol–water partition coefficient (Wildman–Crippen LogP) is 1.68. The quantitative estimate of drug-likeness (QED) is 0.674. The first-order valence-corrected chi connectivity index (χ1v) is 4.53. The normalized spacial score (nSPS) is 24.3. The topological polar surface area (TPSA) is 35.2 Å². The van der Waals surface area contributed by atoms with Gasteiger partial charge in [-0.25, -0.2) is 0 Å². The number of methoxy groups -OCH3 is 1. The zero-order valence-electron chi connectivity index (χ0n) is 7.60. The minimum Gasteiger partial charge on any atom is -0.378 e. The van der Waals surface area contributed by atoms with Gasteiger partial charge in [0.1, 0.15) is 0 Å². The minimum atomic E-state index is 0.162. The highest BCUT2D eigenvalue weighted by Gasteiger charge is 2.37. The summed E-state index contributed by atoms with van der Waals surface area (Å²) in [5.41, 5.74) is 6.03. The van der Waals surface area contributed by atoms with Crippen LogP contribution in [0.3, 0.4) is 0 Å². The van der Waals surface area contributed by atoms with Crippen LogP contribution in [-0.4, -0.2) is 18.8 Å². The first-order valence-electron chi connectivity index (χ1n) is 4.53. The first-order chi connectivity index (χ1) is 5.22. The fraction of sp³-hybridized carbons (Fsp3) is 1.00. The van der Waals surface area contributed by atoms with Crippen molar-refractivity contribution in [3.63, 3.8) is 0 Å². The molecule has 1 fully saturated rings. The fourth-order valence-electron chi connectivity index (χ4n) is 1.68. The van der Waals surface area contributed by atoms with Crippen LogP contribution < -0.4 is 5.73 Å². The van der Waals surface area contributed by atoms with Crippen molar-refractivity contribution in [1.29, 1.82) is 0 Å². The van der Waals surface area contributed by atoms with Crippen LogP contribution in [0.2, 0.25) is 0 Å². The lowest BCUT2D eigenvalue weighted by molar-refractivity contribution is -0.0815. The van der Waals surface area contributed by atoms with Gasteiger partial charge in [-0.3, -0.25) is 0 Å². The molecule has 11 heavy (non-hydrogen) atoms. The molecular weight excluding hydrogens is 138 g/mol. The van der Waals surface area contributed by atoms with Crippen molar-refractivity contribution in [2.45, 2.75) is 50.7 Å². The molecule has 2 heteroatoms. The Morgan fingerprint density at radius 2 is 2.18 bits per heavy atom. The molecular formula is C9H19NO. The number of hydrogen-bond donors (Lipinski definition) is 1. The molecule has 1 aliphatic carbocycles. The third-order valence-electron chi connectivity index (χ3n) is 2.86. The molecule has 1 rings (SSSR count). The average Bonchev–Trinajstić information content (AvgIpc) is 1.96. The molecule has 0 aromatic heterocycles. The van der Waals surface area contributed by atoms with Crippen molar-refractivity contribution in [3.05, 3.63) is 0 Å². The monoisotopic (exact) mass is 157 g/mol. The number of ether oxygens (including phenoxy) is 1. The van der Waals surface area contributed by atoms with E-state index in [9.17, 15) is 0 Å². The minimum absolute atomic E-state index is 0.162. The van der Waals surface area contributed by atoms with E-state index in [0.717, 1.165) is 12.8 Å². The highest BCUT2D eigenvalue weighted by Crippen LogP contribution is 2.38. The van der Waals surface area contributed by atoms with E-state index >= 15 is 0 Å². The van der Waals surface area contributed by atoms with Gasteiger partial charge in [0.15, 0.2) is 0 Å². The third kappa shape index (κ3) is 1.94. The lowest BCUT2D eigenvalue weighted by atomic mass is 9.75. The molecule has 0 radical (unpaired) electrons. The Balaban J connectivity index is 2.32.